The first-order valence-corrected chi connectivity index (χ1v) is 11.2. The Morgan fingerprint density at radius 3 is 2.55 bits per heavy atom. The van der Waals surface area contributed by atoms with Gasteiger partial charge in [0.15, 0.2) is 5.82 Å². The first kappa shape index (κ1) is 21.6. The molecule has 1 aliphatic heterocycles. The summed E-state index contributed by atoms with van der Waals surface area (Å²) in [5.41, 5.74) is 2.35. The third-order valence-corrected chi connectivity index (χ3v) is 6.72. The molecule has 3 heterocycles. The molecule has 3 aromatic rings. The molecule has 0 radical (unpaired) electrons. The van der Waals surface area contributed by atoms with Gasteiger partial charge in [0.1, 0.15) is 6.04 Å². The number of H-pyrrole nitrogens is 1. The highest BCUT2D eigenvalue weighted by Crippen LogP contribution is 2.31. The first-order chi connectivity index (χ1) is 14.8. The SMILES string of the molecule is CCN1CCN([C@@H](c2cc3ccc(C)cc3[nH]c2=O)c2nnnn2C(C)(C)CC)CC1. The van der Waals surface area contributed by atoms with Crippen LogP contribution in [0.1, 0.15) is 57.1 Å². The predicted molar refractivity (Wildman–Crippen MR) is 122 cm³/mol. The van der Waals surface area contributed by atoms with E-state index >= 15 is 0 Å². The fourth-order valence-electron chi connectivity index (χ4n) is 4.32. The zero-order valence-corrected chi connectivity index (χ0v) is 19.2. The standard InChI is InChI=1S/C23H33N7O/c1-6-23(4,5)30-21(25-26-27-30)20(29-12-10-28(7-2)11-13-29)18-15-17-9-8-16(3)14-19(17)24-22(18)31/h8-9,14-15,20H,6-7,10-13H2,1-5H3,(H,24,31)/t20-/m0/s1. The third-order valence-electron chi connectivity index (χ3n) is 6.72. The van der Waals surface area contributed by atoms with E-state index in [0.717, 1.165) is 61.4 Å². The number of pyridine rings is 1. The van der Waals surface area contributed by atoms with Crippen LogP contribution in [0.4, 0.5) is 0 Å². The van der Waals surface area contributed by atoms with Gasteiger partial charge in [0.05, 0.1) is 5.54 Å². The minimum Gasteiger partial charge on any atom is -0.322 e. The highest BCUT2D eigenvalue weighted by molar-refractivity contribution is 5.79. The Morgan fingerprint density at radius 2 is 1.87 bits per heavy atom. The van der Waals surface area contributed by atoms with Gasteiger partial charge in [0, 0.05) is 37.3 Å². The van der Waals surface area contributed by atoms with Crippen molar-refractivity contribution in [1.82, 2.24) is 35.0 Å². The zero-order valence-electron chi connectivity index (χ0n) is 19.2. The molecule has 0 unspecified atom stereocenters. The highest BCUT2D eigenvalue weighted by Gasteiger charge is 2.35. The monoisotopic (exact) mass is 423 g/mol. The minimum absolute atomic E-state index is 0.0788. The second-order valence-electron chi connectivity index (χ2n) is 9.13. The molecule has 8 heteroatoms. The quantitative estimate of drug-likeness (QED) is 0.656. The summed E-state index contributed by atoms with van der Waals surface area (Å²) in [6.07, 6.45) is 0.884. The van der Waals surface area contributed by atoms with E-state index in [1.54, 1.807) is 0 Å². The number of tetrazole rings is 1. The van der Waals surface area contributed by atoms with E-state index < -0.39 is 0 Å². The molecular weight excluding hydrogens is 390 g/mol. The summed E-state index contributed by atoms with van der Waals surface area (Å²) in [6, 6.07) is 7.87. The van der Waals surface area contributed by atoms with Gasteiger partial charge in [-0.2, -0.15) is 0 Å². The third kappa shape index (κ3) is 4.14. The number of benzene rings is 1. The number of aromatic nitrogens is 5. The largest absolute Gasteiger partial charge is 0.322 e. The number of hydrogen-bond donors (Lipinski definition) is 1. The van der Waals surface area contributed by atoms with Crippen molar-refractivity contribution in [3.05, 3.63) is 51.6 Å². The number of piperazine rings is 1. The molecule has 1 fully saturated rings. The maximum absolute atomic E-state index is 13.3. The Bertz CT molecular complexity index is 1110. The van der Waals surface area contributed by atoms with E-state index in [-0.39, 0.29) is 17.1 Å². The van der Waals surface area contributed by atoms with E-state index in [9.17, 15) is 4.79 Å². The van der Waals surface area contributed by atoms with Crippen LogP contribution in [0.5, 0.6) is 0 Å². The molecule has 1 aromatic carbocycles. The molecular formula is C23H33N7O. The topological polar surface area (TPSA) is 82.9 Å². The molecule has 1 saturated heterocycles. The van der Waals surface area contributed by atoms with E-state index in [1.165, 1.54) is 0 Å². The summed E-state index contributed by atoms with van der Waals surface area (Å²) in [4.78, 5) is 21.2. The number of aryl methyl sites for hydroxylation is 1. The van der Waals surface area contributed by atoms with Crippen LogP contribution in [0.15, 0.2) is 29.1 Å². The summed E-state index contributed by atoms with van der Waals surface area (Å²) in [6.45, 7) is 15.3. The van der Waals surface area contributed by atoms with Gasteiger partial charge in [-0.1, -0.05) is 26.0 Å². The zero-order chi connectivity index (χ0) is 22.2. The maximum Gasteiger partial charge on any atom is 0.253 e. The Morgan fingerprint density at radius 1 is 1.13 bits per heavy atom. The van der Waals surface area contributed by atoms with E-state index in [4.69, 9.17) is 0 Å². The Kier molecular flexibility index (Phi) is 5.94. The lowest BCUT2D eigenvalue weighted by atomic mass is 9.98. The molecule has 0 bridgehead atoms. The summed E-state index contributed by atoms with van der Waals surface area (Å²) in [7, 11) is 0. The van der Waals surface area contributed by atoms with Crippen LogP contribution < -0.4 is 5.56 Å². The summed E-state index contributed by atoms with van der Waals surface area (Å²) < 4.78 is 1.91. The second-order valence-corrected chi connectivity index (χ2v) is 9.13. The Labute approximate surface area is 183 Å². The molecule has 4 rings (SSSR count). The number of likely N-dealkylation sites (N-methyl/N-ethyl adjacent to an activating group) is 1. The molecule has 0 spiro atoms. The predicted octanol–water partition coefficient (Wildman–Crippen LogP) is 2.70. The molecule has 0 amide bonds. The van der Waals surface area contributed by atoms with Crippen LogP contribution in [0.25, 0.3) is 10.9 Å². The van der Waals surface area contributed by atoms with Gasteiger partial charge in [-0.25, -0.2) is 4.68 Å². The average Bonchev–Trinajstić information content (AvgIpc) is 3.25. The maximum atomic E-state index is 13.3. The number of fused-ring (bicyclic) bond motifs is 1. The summed E-state index contributed by atoms with van der Waals surface area (Å²) in [5.74, 6) is 0.730. The van der Waals surface area contributed by atoms with Crippen LogP contribution in [-0.4, -0.2) is 67.7 Å². The van der Waals surface area contributed by atoms with Gasteiger partial charge in [-0.15, -0.1) is 5.10 Å². The van der Waals surface area contributed by atoms with Crippen molar-refractivity contribution >= 4 is 10.9 Å². The summed E-state index contributed by atoms with van der Waals surface area (Å²) >= 11 is 0. The fourth-order valence-corrected chi connectivity index (χ4v) is 4.32. The molecule has 1 atom stereocenters. The molecule has 8 nitrogen and oxygen atoms in total. The number of nitrogens with one attached hydrogen (secondary N) is 1. The van der Waals surface area contributed by atoms with Crippen LogP contribution in [0.3, 0.4) is 0 Å². The number of rotatable bonds is 6. The van der Waals surface area contributed by atoms with E-state index in [0.29, 0.717) is 5.56 Å². The molecule has 0 aliphatic carbocycles. The Hall–Kier alpha value is -2.58. The lowest BCUT2D eigenvalue weighted by Crippen LogP contribution is -2.49. The number of hydrogen-bond acceptors (Lipinski definition) is 6. The molecule has 0 saturated carbocycles. The van der Waals surface area contributed by atoms with Crippen molar-refractivity contribution in [1.29, 1.82) is 0 Å². The molecule has 1 N–H and O–H groups in total. The van der Waals surface area contributed by atoms with Crippen molar-refractivity contribution in [2.24, 2.45) is 0 Å². The van der Waals surface area contributed by atoms with Crippen LogP contribution in [0, 0.1) is 6.92 Å². The molecule has 1 aliphatic rings. The van der Waals surface area contributed by atoms with Crippen molar-refractivity contribution < 1.29 is 0 Å². The fraction of sp³-hybridized carbons (Fsp3) is 0.565. The van der Waals surface area contributed by atoms with Crippen LogP contribution in [0.2, 0.25) is 0 Å². The lowest BCUT2D eigenvalue weighted by Gasteiger charge is -2.39. The Balaban J connectivity index is 1.86. The van der Waals surface area contributed by atoms with Crippen molar-refractivity contribution in [2.45, 2.75) is 52.6 Å². The van der Waals surface area contributed by atoms with Gasteiger partial charge in [-0.05, 0) is 67.2 Å². The van der Waals surface area contributed by atoms with Gasteiger partial charge in [0.25, 0.3) is 5.56 Å². The number of nitrogens with zero attached hydrogens (tertiary/aromatic N) is 6. The van der Waals surface area contributed by atoms with Crippen molar-refractivity contribution in [2.75, 3.05) is 32.7 Å². The molecule has 2 aromatic heterocycles. The van der Waals surface area contributed by atoms with Crippen LogP contribution >= 0.6 is 0 Å². The van der Waals surface area contributed by atoms with Crippen molar-refractivity contribution in [3.8, 4) is 0 Å². The van der Waals surface area contributed by atoms with Gasteiger partial charge in [0.2, 0.25) is 0 Å². The molecule has 166 valence electrons. The van der Waals surface area contributed by atoms with Gasteiger partial charge < -0.3 is 9.88 Å². The van der Waals surface area contributed by atoms with E-state index in [2.05, 4.69) is 70.1 Å². The second kappa shape index (κ2) is 8.51. The van der Waals surface area contributed by atoms with Gasteiger partial charge in [-0.3, -0.25) is 9.69 Å². The summed E-state index contributed by atoms with van der Waals surface area (Å²) in [5, 5.41) is 13.8. The first-order valence-electron chi connectivity index (χ1n) is 11.2. The smallest absolute Gasteiger partial charge is 0.253 e. The van der Waals surface area contributed by atoms with E-state index in [1.807, 2.05) is 23.7 Å². The van der Waals surface area contributed by atoms with Crippen molar-refractivity contribution in [3.63, 3.8) is 0 Å². The highest BCUT2D eigenvalue weighted by atomic mass is 16.1. The van der Waals surface area contributed by atoms with Gasteiger partial charge >= 0.3 is 0 Å². The minimum atomic E-state index is -0.297. The normalized spacial score (nSPS) is 17.3. The average molecular weight is 424 g/mol. The van der Waals surface area contributed by atoms with Crippen LogP contribution in [-0.2, 0) is 5.54 Å². The molecule has 31 heavy (non-hydrogen) atoms. The lowest BCUT2D eigenvalue weighted by molar-refractivity contribution is 0.105. The number of aromatic amines is 1.